The van der Waals surface area contributed by atoms with Crippen LogP contribution in [0.3, 0.4) is 0 Å². The van der Waals surface area contributed by atoms with Crippen LogP contribution in [-0.4, -0.2) is 29.7 Å². The fourth-order valence-electron chi connectivity index (χ4n) is 2.10. The van der Waals surface area contributed by atoms with E-state index in [4.69, 9.17) is 5.73 Å². The Hall–Kier alpha value is -0.560. The first kappa shape index (κ1) is 11.9. The number of halogens is 1. The van der Waals surface area contributed by atoms with Gasteiger partial charge in [0.15, 0.2) is 9.84 Å². The highest BCUT2D eigenvalue weighted by Gasteiger charge is 2.42. The lowest BCUT2D eigenvalue weighted by Gasteiger charge is -2.24. The smallest absolute Gasteiger partial charge is 0.152 e. The van der Waals surface area contributed by atoms with Crippen molar-refractivity contribution >= 4 is 31.6 Å². The van der Waals surface area contributed by atoms with Crippen molar-refractivity contribution in [3.05, 3.63) is 10.2 Å². The molecule has 0 bridgehead atoms. The Morgan fingerprint density at radius 1 is 1.56 bits per heavy atom. The van der Waals surface area contributed by atoms with Crippen LogP contribution < -0.4 is 5.73 Å². The number of aromatic nitrogens is 2. The van der Waals surface area contributed by atoms with Crippen LogP contribution in [0.2, 0.25) is 0 Å². The monoisotopic (exact) mass is 307 g/mol. The number of hydrogen-bond acceptors (Lipinski definition) is 4. The molecule has 1 unspecified atom stereocenters. The summed E-state index contributed by atoms with van der Waals surface area (Å²) in [6.07, 6.45) is 0.563. The molecule has 2 N–H and O–H groups in total. The summed E-state index contributed by atoms with van der Waals surface area (Å²) in [5.41, 5.74) is 6.18. The van der Waals surface area contributed by atoms with Crippen LogP contribution >= 0.6 is 15.9 Å². The van der Waals surface area contributed by atoms with E-state index >= 15 is 0 Å². The molecule has 90 valence electrons. The average molecular weight is 308 g/mol. The van der Waals surface area contributed by atoms with Gasteiger partial charge < -0.3 is 5.73 Å². The number of aryl methyl sites for hydroxylation is 1. The fourth-order valence-corrected chi connectivity index (χ4v) is 4.45. The largest absolute Gasteiger partial charge is 0.383 e. The highest BCUT2D eigenvalue weighted by atomic mass is 79.9. The molecule has 0 saturated carbocycles. The maximum atomic E-state index is 11.5. The highest BCUT2D eigenvalue weighted by Crippen LogP contribution is 2.35. The summed E-state index contributed by atoms with van der Waals surface area (Å²) >= 11 is 3.34. The Bertz CT molecular complexity index is 537. The molecule has 1 aromatic heterocycles. The van der Waals surface area contributed by atoms with Gasteiger partial charge in [-0.1, -0.05) is 0 Å². The van der Waals surface area contributed by atoms with Crippen molar-refractivity contribution in [2.24, 2.45) is 0 Å². The molecule has 1 aliphatic heterocycles. The van der Waals surface area contributed by atoms with Gasteiger partial charge in [-0.25, -0.2) is 13.1 Å². The quantitative estimate of drug-likeness (QED) is 0.842. The minimum absolute atomic E-state index is 0.109. The van der Waals surface area contributed by atoms with Gasteiger partial charge in [-0.3, -0.25) is 0 Å². The van der Waals surface area contributed by atoms with Gasteiger partial charge >= 0.3 is 0 Å². The third kappa shape index (κ3) is 1.75. The van der Waals surface area contributed by atoms with Gasteiger partial charge in [0.2, 0.25) is 0 Å². The van der Waals surface area contributed by atoms with Crippen LogP contribution in [0.15, 0.2) is 4.47 Å². The lowest BCUT2D eigenvalue weighted by molar-refractivity contribution is 0.333. The van der Waals surface area contributed by atoms with E-state index in [1.807, 2.05) is 13.8 Å². The maximum absolute atomic E-state index is 11.5. The molecule has 2 heterocycles. The molecule has 1 atom stereocenters. The van der Waals surface area contributed by atoms with Crippen molar-refractivity contribution < 1.29 is 8.42 Å². The maximum Gasteiger partial charge on any atom is 0.152 e. The fraction of sp³-hybridized carbons (Fsp3) is 0.667. The zero-order valence-corrected chi connectivity index (χ0v) is 11.6. The summed E-state index contributed by atoms with van der Waals surface area (Å²) in [7, 11) is -2.95. The topological polar surface area (TPSA) is 78.0 Å². The first-order chi connectivity index (χ1) is 7.25. The second kappa shape index (κ2) is 3.46. The number of nitrogens with zero attached hydrogens (tertiary/aromatic N) is 2. The van der Waals surface area contributed by atoms with Crippen LogP contribution in [0.4, 0.5) is 5.82 Å². The lowest BCUT2D eigenvalue weighted by atomic mass is 10.0. The van der Waals surface area contributed by atoms with Crippen LogP contribution in [-0.2, 0) is 15.4 Å². The molecule has 16 heavy (non-hydrogen) atoms. The minimum Gasteiger partial charge on any atom is -0.383 e. The predicted octanol–water partition coefficient (Wildman–Crippen LogP) is 1.07. The number of nitrogens with two attached hydrogens (primary N) is 1. The molecule has 2 rings (SSSR count). The molecule has 1 aliphatic rings. The van der Waals surface area contributed by atoms with E-state index in [1.165, 1.54) is 0 Å². The van der Waals surface area contributed by atoms with Gasteiger partial charge in [0, 0.05) is 0 Å². The minimum atomic E-state index is -2.95. The Balaban J connectivity index is 2.49. The molecule has 7 heteroatoms. The Morgan fingerprint density at radius 2 is 2.19 bits per heavy atom. The number of rotatable bonds is 1. The van der Waals surface area contributed by atoms with E-state index in [0.29, 0.717) is 12.2 Å². The molecule has 1 aromatic rings. The van der Waals surface area contributed by atoms with Gasteiger partial charge in [0.05, 0.1) is 27.2 Å². The number of hydrogen-bond donors (Lipinski definition) is 1. The van der Waals surface area contributed by atoms with Gasteiger partial charge in [-0.05, 0) is 36.2 Å². The molecule has 1 saturated heterocycles. The Kier molecular flexibility index (Phi) is 2.58. The molecule has 0 amide bonds. The number of sulfone groups is 1. The van der Waals surface area contributed by atoms with E-state index < -0.39 is 15.4 Å². The zero-order valence-electron chi connectivity index (χ0n) is 9.20. The molecule has 5 nitrogen and oxygen atoms in total. The van der Waals surface area contributed by atoms with Crippen LogP contribution in [0.1, 0.15) is 19.0 Å². The normalized spacial score (nSPS) is 28.4. The molecule has 1 fully saturated rings. The average Bonchev–Trinajstić information content (AvgIpc) is 2.59. The molecule has 0 spiro atoms. The zero-order chi connectivity index (χ0) is 12.1. The summed E-state index contributed by atoms with van der Waals surface area (Å²) in [6.45, 7) is 3.72. The van der Waals surface area contributed by atoms with Gasteiger partial charge in [0.25, 0.3) is 0 Å². The molecule has 0 radical (unpaired) electrons. The van der Waals surface area contributed by atoms with Crippen LogP contribution in [0.5, 0.6) is 0 Å². The van der Waals surface area contributed by atoms with Crippen molar-refractivity contribution in [3.63, 3.8) is 0 Å². The van der Waals surface area contributed by atoms with E-state index in [9.17, 15) is 8.42 Å². The third-order valence-corrected chi connectivity index (χ3v) is 5.88. The Morgan fingerprint density at radius 3 is 2.56 bits per heavy atom. The predicted molar refractivity (Wildman–Crippen MR) is 66.0 cm³/mol. The second-order valence-electron chi connectivity index (χ2n) is 4.54. The summed E-state index contributed by atoms with van der Waals surface area (Å²) < 4.78 is 25.4. The number of nitrogen functional groups attached to an aromatic ring is 1. The second-order valence-corrected chi connectivity index (χ2v) is 7.51. The van der Waals surface area contributed by atoms with Crippen molar-refractivity contribution in [2.45, 2.75) is 25.8 Å². The van der Waals surface area contributed by atoms with Gasteiger partial charge in [0.1, 0.15) is 5.82 Å². The standard InChI is InChI=1S/C9H14BrN3O2S/c1-6-7(10)8(11)13(12-6)9(2)3-4-16(14,15)5-9/h3-5,11H2,1-2H3. The summed E-state index contributed by atoms with van der Waals surface area (Å²) in [5.74, 6) is 0.814. The van der Waals surface area contributed by atoms with Crippen molar-refractivity contribution in [2.75, 3.05) is 17.2 Å². The van der Waals surface area contributed by atoms with Crippen molar-refractivity contribution in [3.8, 4) is 0 Å². The van der Waals surface area contributed by atoms with E-state index in [2.05, 4.69) is 21.0 Å². The van der Waals surface area contributed by atoms with Crippen molar-refractivity contribution in [1.82, 2.24) is 9.78 Å². The summed E-state index contributed by atoms with van der Waals surface area (Å²) in [4.78, 5) is 0. The molecular weight excluding hydrogens is 294 g/mol. The summed E-state index contributed by atoms with van der Waals surface area (Å²) in [6, 6.07) is 0. The molecule has 0 aromatic carbocycles. The van der Waals surface area contributed by atoms with Crippen molar-refractivity contribution in [1.29, 1.82) is 0 Å². The summed E-state index contributed by atoms with van der Waals surface area (Å²) in [5, 5.41) is 4.31. The van der Waals surface area contributed by atoms with Gasteiger partial charge in [-0.15, -0.1) is 0 Å². The van der Waals surface area contributed by atoms with Crippen LogP contribution in [0, 0.1) is 6.92 Å². The highest BCUT2D eigenvalue weighted by molar-refractivity contribution is 9.10. The Labute approximate surface area is 103 Å². The van der Waals surface area contributed by atoms with Crippen LogP contribution in [0.25, 0.3) is 0 Å². The first-order valence-corrected chi connectivity index (χ1v) is 7.58. The molecular formula is C9H14BrN3O2S. The third-order valence-electron chi connectivity index (χ3n) is 3.01. The molecule has 0 aliphatic carbocycles. The first-order valence-electron chi connectivity index (χ1n) is 4.97. The SMILES string of the molecule is Cc1nn(C2(C)CCS(=O)(=O)C2)c(N)c1Br. The van der Waals surface area contributed by atoms with E-state index in [1.54, 1.807) is 4.68 Å². The van der Waals surface area contributed by atoms with E-state index in [0.717, 1.165) is 10.2 Å². The van der Waals surface area contributed by atoms with Gasteiger partial charge in [-0.2, -0.15) is 5.10 Å². The van der Waals surface area contributed by atoms with E-state index in [-0.39, 0.29) is 11.5 Å². The lowest BCUT2D eigenvalue weighted by Crippen LogP contribution is -2.33. The number of anilines is 1.